The van der Waals surface area contributed by atoms with Crippen LogP contribution in [0.5, 0.6) is 11.5 Å². The van der Waals surface area contributed by atoms with Crippen LogP contribution in [-0.4, -0.2) is 16.8 Å². The summed E-state index contributed by atoms with van der Waals surface area (Å²) in [4.78, 5) is 12.2. The number of rotatable bonds is 7. The quantitative estimate of drug-likeness (QED) is 0.696. The van der Waals surface area contributed by atoms with Crippen molar-refractivity contribution >= 4 is 0 Å². The second kappa shape index (κ2) is 8.56. The Labute approximate surface area is 158 Å². The van der Waals surface area contributed by atoms with Gasteiger partial charge in [0.1, 0.15) is 12.4 Å². The Hall–Kier alpha value is -3.05. The smallest absolute Gasteiger partial charge is 0.223 e. The van der Waals surface area contributed by atoms with Gasteiger partial charge in [0.05, 0.1) is 25.5 Å². The molecule has 1 heterocycles. The number of aliphatic hydroxyl groups is 1. The SMILES string of the molecule is COc1ccc([C@H](O)Cn2ccc(=O)c(OCc3ccccc3)c2C)cc1. The maximum atomic E-state index is 12.2. The van der Waals surface area contributed by atoms with Crippen LogP contribution < -0.4 is 14.9 Å². The minimum absolute atomic E-state index is 0.168. The van der Waals surface area contributed by atoms with Crippen molar-refractivity contribution < 1.29 is 14.6 Å². The van der Waals surface area contributed by atoms with Crippen molar-refractivity contribution in [3.63, 3.8) is 0 Å². The Bertz CT molecular complexity index is 933. The molecule has 2 aromatic carbocycles. The lowest BCUT2D eigenvalue weighted by molar-refractivity contribution is 0.154. The molecule has 1 N–H and O–H groups in total. The number of nitrogens with zero attached hydrogens (tertiary/aromatic N) is 1. The van der Waals surface area contributed by atoms with Gasteiger partial charge in [-0.25, -0.2) is 0 Å². The summed E-state index contributed by atoms with van der Waals surface area (Å²) in [6.45, 7) is 2.46. The second-order valence-corrected chi connectivity index (χ2v) is 6.31. The zero-order valence-corrected chi connectivity index (χ0v) is 15.5. The van der Waals surface area contributed by atoms with E-state index in [0.29, 0.717) is 24.6 Å². The number of hydrogen-bond acceptors (Lipinski definition) is 4. The fourth-order valence-corrected chi connectivity index (χ4v) is 2.87. The van der Waals surface area contributed by atoms with Gasteiger partial charge in [0.25, 0.3) is 0 Å². The first-order valence-corrected chi connectivity index (χ1v) is 8.77. The molecule has 0 spiro atoms. The van der Waals surface area contributed by atoms with Crippen molar-refractivity contribution in [2.75, 3.05) is 7.11 Å². The van der Waals surface area contributed by atoms with Crippen LogP contribution in [0.1, 0.15) is 22.9 Å². The minimum Gasteiger partial charge on any atom is -0.497 e. The summed E-state index contributed by atoms with van der Waals surface area (Å²) in [6, 6.07) is 18.4. The highest BCUT2D eigenvalue weighted by atomic mass is 16.5. The number of hydrogen-bond donors (Lipinski definition) is 1. The number of benzene rings is 2. The normalized spacial score (nSPS) is 11.8. The van der Waals surface area contributed by atoms with Crippen molar-refractivity contribution in [3.8, 4) is 11.5 Å². The molecule has 5 nitrogen and oxygen atoms in total. The van der Waals surface area contributed by atoms with Crippen molar-refractivity contribution in [2.24, 2.45) is 0 Å². The number of aromatic nitrogens is 1. The first-order valence-electron chi connectivity index (χ1n) is 8.77. The Kier molecular flexibility index (Phi) is 5.94. The van der Waals surface area contributed by atoms with E-state index in [0.717, 1.165) is 16.9 Å². The van der Waals surface area contributed by atoms with Gasteiger partial charge in [-0.2, -0.15) is 0 Å². The first-order chi connectivity index (χ1) is 13.1. The third-order valence-electron chi connectivity index (χ3n) is 4.49. The number of methoxy groups -OCH3 is 1. The molecule has 0 amide bonds. The third-order valence-corrected chi connectivity index (χ3v) is 4.49. The van der Waals surface area contributed by atoms with Gasteiger partial charge in [-0.3, -0.25) is 4.79 Å². The molecule has 0 aliphatic rings. The molecule has 5 heteroatoms. The summed E-state index contributed by atoms with van der Waals surface area (Å²) in [6.07, 6.45) is 0.971. The van der Waals surface area contributed by atoms with Crippen LogP contribution in [0.15, 0.2) is 71.7 Å². The van der Waals surface area contributed by atoms with Crippen LogP contribution in [0.3, 0.4) is 0 Å². The maximum Gasteiger partial charge on any atom is 0.223 e. The molecule has 0 unspecified atom stereocenters. The van der Waals surface area contributed by atoms with Crippen LogP contribution in [0.25, 0.3) is 0 Å². The van der Waals surface area contributed by atoms with Gasteiger partial charge in [-0.1, -0.05) is 42.5 Å². The molecular weight excluding hydrogens is 342 g/mol. The molecule has 0 fully saturated rings. The van der Waals surface area contributed by atoms with E-state index in [1.165, 1.54) is 6.07 Å². The molecule has 27 heavy (non-hydrogen) atoms. The predicted molar refractivity (Wildman–Crippen MR) is 104 cm³/mol. The van der Waals surface area contributed by atoms with Crippen LogP contribution >= 0.6 is 0 Å². The van der Waals surface area contributed by atoms with Gasteiger partial charge >= 0.3 is 0 Å². The van der Waals surface area contributed by atoms with E-state index in [2.05, 4.69) is 0 Å². The lowest BCUT2D eigenvalue weighted by Crippen LogP contribution is -2.17. The molecule has 3 rings (SSSR count). The van der Waals surface area contributed by atoms with Gasteiger partial charge in [0.15, 0.2) is 5.75 Å². The van der Waals surface area contributed by atoms with Crippen molar-refractivity contribution in [1.29, 1.82) is 0 Å². The largest absolute Gasteiger partial charge is 0.497 e. The third kappa shape index (κ3) is 4.57. The summed E-state index contributed by atoms with van der Waals surface area (Å²) in [5, 5.41) is 10.5. The van der Waals surface area contributed by atoms with E-state index >= 15 is 0 Å². The minimum atomic E-state index is -0.709. The van der Waals surface area contributed by atoms with Gasteiger partial charge in [0.2, 0.25) is 5.43 Å². The van der Waals surface area contributed by atoms with Gasteiger partial charge in [-0.05, 0) is 30.2 Å². The Morgan fingerprint density at radius 3 is 2.41 bits per heavy atom. The van der Waals surface area contributed by atoms with Crippen molar-refractivity contribution in [2.45, 2.75) is 26.2 Å². The average molecular weight is 365 g/mol. The van der Waals surface area contributed by atoms with Crippen LogP contribution in [0.4, 0.5) is 0 Å². The summed E-state index contributed by atoms with van der Waals surface area (Å²) in [5.74, 6) is 1.05. The van der Waals surface area contributed by atoms with E-state index in [-0.39, 0.29) is 5.43 Å². The molecule has 0 aliphatic heterocycles. The molecule has 0 saturated carbocycles. The van der Waals surface area contributed by atoms with E-state index < -0.39 is 6.10 Å². The number of ether oxygens (including phenoxy) is 2. The average Bonchev–Trinajstić information content (AvgIpc) is 2.71. The van der Waals surface area contributed by atoms with Crippen LogP contribution in [-0.2, 0) is 13.2 Å². The summed E-state index contributed by atoms with van der Waals surface area (Å²) in [7, 11) is 1.60. The molecule has 3 aromatic rings. The molecule has 1 atom stereocenters. The number of pyridine rings is 1. The molecule has 1 aromatic heterocycles. The monoisotopic (exact) mass is 365 g/mol. The molecule has 0 saturated heterocycles. The zero-order chi connectivity index (χ0) is 19.2. The molecule has 0 radical (unpaired) electrons. The van der Waals surface area contributed by atoms with Gasteiger partial charge in [0, 0.05) is 12.3 Å². The maximum absolute atomic E-state index is 12.2. The fraction of sp³-hybridized carbons (Fsp3) is 0.227. The van der Waals surface area contributed by atoms with Gasteiger partial charge < -0.3 is 19.1 Å². The van der Waals surface area contributed by atoms with Crippen LogP contribution in [0.2, 0.25) is 0 Å². The summed E-state index contributed by atoms with van der Waals surface area (Å²) >= 11 is 0. The Morgan fingerprint density at radius 2 is 1.74 bits per heavy atom. The fourth-order valence-electron chi connectivity index (χ4n) is 2.87. The Morgan fingerprint density at radius 1 is 1.04 bits per heavy atom. The van der Waals surface area contributed by atoms with E-state index in [9.17, 15) is 9.90 Å². The van der Waals surface area contributed by atoms with E-state index in [1.54, 1.807) is 13.3 Å². The molecule has 0 bridgehead atoms. The second-order valence-electron chi connectivity index (χ2n) is 6.31. The molecule has 140 valence electrons. The lowest BCUT2D eigenvalue weighted by Gasteiger charge is -2.18. The number of aliphatic hydroxyl groups excluding tert-OH is 1. The standard InChI is InChI=1S/C22H23NO4/c1-16-22(27-15-17-6-4-3-5-7-17)20(24)12-13-23(16)14-21(25)18-8-10-19(26-2)11-9-18/h3-13,21,25H,14-15H2,1-2H3/t21-/m1/s1. The summed E-state index contributed by atoms with van der Waals surface area (Å²) < 4.78 is 12.8. The summed E-state index contributed by atoms with van der Waals surface area (Å²) in [5.41, 5.74) is 2.29. The van der Waals surface area contributed by atoms with Crippen molar-refractivity contribution in [1.82, 2.24) is 4.57 Å². The predicted octanol–water partition coefficient (Wildman–Crippen LogP) is 3.48. The highest BCUT2D eigenvalue weighted by molar-refractivity contribution is 5.30. The highest BCUT2D eigenvalue weighted by Crippen LogP contribution is 2.21. The van der Waals surface area contributed by atoms with Crippen LogP contribution in [0, 0.1) is 6.92 Å². The zero-order valence-electron chi connectivity index (χ0n) is 15.5. The highest BCUT2D eigenvalue weighted by Gasteiger charge is 2.13. The molecule has 0 aliphatic carbocycles. The van der Waals surface area contributed by atoms with E-state index in [1.807, 2.05) is 66.1 Å². The first kappa shape index (κ1) is 18.7. The topological polar surface area (TPSA) is 60.7 Å². The Balaban J connectivity index is 1.76. The van der Waals surface area contributed by atoms with Gasteiger partial charge in [-0.15, -0.1) is 0 Å². The van der Waals surface area contributed by atoms with Crippen molar-refractivity contribution in [3.05, 3.63) is 93.9 Å². The lowest BCUT2D eigenvalue weighted by atomic mass is 10.1. The van der Waals surface area contributed by atoms with E-state index in [4.69, 9.17) is 9.47 Å². The molecular formula is C22H23NO4.